The summed E-state index contributed by atoms with van der Waals surface area (Å²) in [5.74, 6) is -0.482. The van der Waals surface area contributed by atoms with Crippen LogP contribution in [0.15, 0.2) is 54.7 Å². The first-order chi connectivity index (χ1) is 15.0. The van der Waals surface area contributed by atoms with Gasteiger partial charge in [0, 0.05) is 19.0 Å². The fourth-order valence-corrected chi connectivity index (χ4v) is 4.47. The minimum absolute atomic E-state index is 0.0412. The number of benzene rings is 2. The van der Waals surface area contributed by atoms with Crippen LogP contribution in [0.5, 0.6) is 0 Å². The third kappa shape index (κ3) is 4.37. The molecule has 2 aromatic carbocycles. The Morgan fingerprint density at radius 1 is 1.16 bits per heavy atom. The molecule has 0 saturated carbocycles. The molecule has 0 spiro atoms. The molecule has 4 nitrogen and oxygen atoms in total. The van der Waals surface area contributed by atoms with E-state index < -0.39 is 5.82 Å². The summed E-state index contributed by atoms with van der Waals surface area (Å²) in [5, 5.41) is 10.1. The Hall–Kier alpha value is -3.05. The van der Waals surface area contributed by atoms with Crippen molar-refractivity contribution in [3.8, 4) is 11.1 Å². The Kier molecular flexibility index (Phi) is 6.14. The summed E-state index contributed by atoms with van der Waals surface area (Å²) in [6, 6.07) is 15.4. The molecule has 0 bridgehead atoms. The van der Waals surface area contributed by atoms with Crippen LogP contribution in [0.3, 0.4) is 0 Å². The molecular weight excluding hydrogens is 391 g/mol. The number of amides is 1. The number of aliphatic hydroxyl groups is 1. The van der Waals surface area contributed by atoms with Crippen molar-refractivity contribution >= 4 is 5.91 Å². The zero-order valence-electron chi connectivity index (χ0n) is 17.9. The van der Waals surface area contributed by atoms with Crippen molar-refractivity contribution in [3.05, 3.63) is 88.5 Å². The lowest BCUT2D eigenvalue weighted by Gasteiger charge is -2.19. The fraction of sp³-hybridized carbons (Fsp3) is 0.308. The zero-order valence-corrected chi connectivity index (χ0v) is 17.9. The van der Waals surface area contributed by atoms with E-state index in [1.165, 1.54) is 28.8 Å². The van der Waals surface area contributed by atoms with E-state index in [1.807, 2.05) is 0 Å². The number of hydrogen-bond acceptors (Lipinski definition) is 3. The number of nitrogens with zero attached hydrogens (tertiary/aromatic N) is 2. The van der Waals surface area contributed by atoms with Crippen LogP contribution in [0, 0.1) is 12.7 Å². The number of halogens is 1. The molecule has 1 saturated heterocycles. The summed E-state index contributed by atoms with van der Waals surface area (Å²) in [4.78, 5) is 18.4. The zero-order chi connectivity index (χ0) is 22.0. The third-order valence-electron chi connectivity index (χ3n) is 6.13. The van der Waals surface area contributed by atoms with Crippen molar-refractivity contribution in [2.45, 2.75) is 39.2 Å². The van der Waals surface area contributed by atoms with Crippen LogP contribution < -0.4 is 0 Å². The van der Waals surface area contributed by atoms with Crippen LogP contribution in [0.2, 0.25) is 0 Å². The molecule has 0 aliphatic carbocycles. The summed E-state index contributed by atoms with van der Waals surface area (Å²) in [6.07, 6.45) is 2.84. The summed E-state index contributed by atoms with van der Waals surface area (Å²) in [5.41, 5.74) is 7.07. The number of carbonyl (C=O) groups is 1. The molecule has 1 N–H and O–H groups in total. The van der Waals surface area contributed by atoms with E-state index in [4.69, 9.17) is 0 Å². The van der Waals surface area contributed by atoms with E-state index in [2.05, 4.69) is 55.2 Å². The highest BCUT2D eigenvalue weighted by Crippen LogP contribution is 2.34. The highest BCUT2D eigenvalue weighted by molar-refractivity contribution is 5.92. The molecule has 31 heavy (non-hydrogen) atoms. The van der Waals surface area contributed by atoms with Gasteiger partial charge >= 0.3 is 0 Å². The van der Waals surface area contributed by atoms with Crippen molar-refractivity contribution in [1.29, 1.82) is 0 Å². The molecule has 2 heterocycles. The quantitative estimate of drug-likeness (QED) is 0.642. The predicted molar refractivity (Wildman–Crippen MR) is 119 cm³/mol. The van der Waals surface area contributed by atoms with Gasteiger partial charge in [-0.1, -0.05) is 42.8 Å². The van der Waals surface area contributed by atoms with Crippen LogP contribution in [-0.4, -0.2) is 34.0 Å². The number of pyridine rings is 1. The first-order valence-electron chi connectivity index (χ1n) is 10.7. The smallest absolute Gasteiger partial charge is 0.272 e. The SMILES string of the molecule is CCc1cc(C)ccc1-c1ccc(C2CCN(C(=O)c3ccc(F)cn3)C2)c(CO)c1. The number of aryl methyl sites for hydroxylation is 2. The average molecular weight is 419 g/mol. The van der Waals surface area contributed by atoms with Gasteiger partial charge in [-0.2, -0.15) is 0 Å². The van der Waals surface area contributed by atoms with Gasteiger partial charge in [-0.3, -0.25) is 4.79 Å². The minimum atomic E-state index is -0.455. The largest absolute Gasteiger partial charge is 0.392 e. The van der Waals surface area contributed by atoms with Crippen LogP contribution in [0.1, 0.15) is 52.0 Å². The molecule has 1 aromatic heterocycles. The molecular formula is C26H27FN2O2. The molecule has 1 aliphatic heterocycles. The van der Waals surface area contributed by atoms with Gasteiger partial charge in [0.05, 0.1) is 12.8 Å². The second kappa shape index (κ2) is 8.98. The van der Waals surface area contributed by atoms with Crippen LogP contribution in [0.25, 0.3) is 11.1 Å². The maximum absolute atomic E-state index is 13.1. The second-order valence-corrected chi connectivity index (χ2v) is 8.18. The first kappa shape index (κ1) is 21.2. The monoisotopic (exact) mass is 418 g/mol. The van der Waals surface area contributed by atoms with E-state index in [0.717, 1.165) is 35.7 Å². The van der Waals surface area contributed by atoms with E-state index in [0.29, 0.717) is 13.1 Å². The van der Waals surface area contributed by atoms with Gasteiger partial charge in [0.15, 0.2) is 0 Å². The van der Waals surface area contributed by atoms with Crippen molar-refractivity contribution in [2.24, 2.45) is 0 Å². The number of hydrogen-bond donors (Lipinski definition) is 1. The lowest BCUT2D eigenvalue weighted by molar-refractivity contribution is 0.0785. The van der Waals surface area contributed by atoms with Gasteiger partial charge in [0.2, 0.25) is 0 Å². The van der Waals surface area contributed by atoms with Gasteiger partial charge in [-0.25, -0.2) is 9.37 Å². The Morgan fingerprint density at radius 2 is 2.00 bits per heavy atom. The van der Waals surface area contributed by atoms with Crippen molar-refractivity contribution in [2.75, 3.05) is 13.1 Å². The fourth-order valence-electron chi connectivity index (χ4n) is 4.47. The van der Waals surface area contributed by atoms with Gasteiger partial charge in [-0.05, 0) is 65.8 Å². The van der Waals surface area contributed by atoms with Gasteiger partial charge < -0.3 is 10.0 Å². The summed E-state index contributed by atoms with van der Waals surface area (Å²) in [6.45, 7) is 5.39. The van der Waals surface area contributed by atoms with Gasteiger partial charge in [0.1, 0.15) is 11.5 Å². The van der Waals surface area contributed by atoms with Crippen molar-refractivity contribution in [3.63, 3.8) is 0 Å². The molecule has 1 amide bonds. The van der Waals surface area contributed by atoms with Crippen LogP contribution in [0.4, 0.5) is 4.39 Å². The van der Waals surface area contributed by atoms with E-state index in [9.17, 15) is 14.3 Å². The molecule has 0 radical (unpaired) electrons. The highest BCUT2D eigenvalue weighted by atomic mass is 19.1. The molecule has 1 fully saturated rings. The Morgan fingerprint density at radius 3 is 2.71 bits per heavy atom. The molecule has 3 aromatic rings. The lowest BCUT2D eigenvalue weighted by Crippen LogP contribution is -2.29. The van der Waals surface area contributed by atoms with Gasteiger partial charge in [0.25, 0.3) is 5.91 Å². The molecule has 160 valence electrons. The molecule has 1 aliphatic rings. The minimum Gasteiger partial charge on any atom is -0.392 e. The van der Waals surface area contributed by atoms with E-state index >= 15 is 0 Å². The Bertz CT molecular complexity index is 1100. The summed E-state index contributed by atoms with van der Waals surface area (Å²) < 4.78 is 13.1. The first-order valence-corrected chi connectivity index (χ1v) is 10.7. The highest BCUT2D eigenvalue weighted by Gasteiger charge is 2.30. The summed E-state index contributed by atoms with van der Waals surface area (Å²) >= 11 is 0. The molecule has 1 unspecified atom stereocenters. The molecule has 1 atom stereocenters. The standard InChI is InChI=1S/C26H27FN2O2/c1-3-18-12-17(2)4-7-23(18)19-5-8-24(21(13-19)16-30)20-10-11-29(15-20)26(31)25-9-6-22(27)14-28-25/h4-9,12-14,20,30H,3,10-11,15-16H2,1-2H3. The van der Waals surface area contributed by atoms with Crippen molar-refractivity contribution < 1.29 is 14.3 Å². The topological polar surface area (TPSA) is 53.4 Å². The number of likely N-dealkylation sites (tertiary alicyclic amines) is 1. The van der Waals surface area contributed by atoms with Gasteiger partial charge in [-0.15, -0.1) is 0 Å². The number of aromatic nitrogens is 1. The number of rotatable bonds is 5. The lowest BCUT2D eigenvalue weighted by atomic mass is 9.89. The summed E-state index contributed by atoms with van der Waals surface area (Å²) in [7, 11) is 0. The molecule has 5 heteroatoms. The number of carbonyl (C=O) groups excluding carboxylic acids is 1. The second-order valence-electron chi connectivity index (χ2n) is 8.18. The van der Waals surface area contributed by atoms with E-state index in [-0.39, 0.29) is 24.1 Å². The Balaban J connectivity index is 1.56. The maximum atomic E-state index is 13.1. The normalized spacial score (nSPS) is 16.0. The van der Waals surface area contributed by atoms with Crippen molar-refractivity contribution in [1.82, 2.24) is 9.88 Å². The predicted octanol–water partition coefficient (Wildman–Crippen LogP) is 4.88. The third-order valence-corrected chi connectivity index (χ3v) is 6.13. The van der Waals surface area contributed by atoms with Crippen LogP contribution in [-0.2, 0) is 13.0 Å². The van der Waals surface area contributed by atoms with Crippen LogP contribution >= 0.6 is 0 Å². The van der Waals surface area contributed by atoms with E-state index in [1.54, 1.807) is 4.90 Å². The average Bonchev–Trinajstić information content (AvgIpc) is 3.28. The Labute approximate surface area is 182 Å². The molecule has 4 rings (SSSR count). The maximum Gasteiger partial charge on any atom is 0.272 e. The number of aliphatic hydroxyl groups excluding tert-OH is 1.